The number of piperidine rings is 1. The van der Waals surface area contributed by atoms with Crippen LogP contribution in [0.25, 0.3) is 11.0 Å². The van der Waals surface area contributed by atoms with Crippen LogP contribution in [-0.4, -0.2) is 28.9 Å². The second-order valence-corrected chi connectivity index (χ2v) is 7.80. The molecule has 2 fully saturated rings. The van der Waals surface area contributed by atoms with Gasteiger partial charge in [0.05, 0.1) is 10.7 Å². The number of anilines is 1. The number of fused-ring (bicyclic) bond motifs is 1. The van der Waals surface area contributed by atoms with Crippen molar-refractivity contribution in [2.45, 2.75) is 70.9 Å². The molecule has 1 aliphatic heterocycles. The molecule has 2 amide bonds. The molecule has 2 aromatic heterocycles. The highest BCUT2D eigenvalue weighted by atomic mass is 79.9. The highest BCUT2D eigenvalue weighted by molar-refractivity contribution is 9.10. The van der Waals surface area contributed by atoms with Crippen molar-refractivity contribution in [3.8, 4) is 6.07 Å². The van der Waals surface area contributed by atoms with Crippen molar-refractivity contribution in [3.63, 3.8) is 0 Å². The number of nitrogens with two attached hydrogens (primary N) is 1. The van der Waals surface area contributed by atoms with Gasteiger partial charge in [-0.15, -0.1) is 0 Å². The zero-order chi connectivity index (χ0) is 22.1. The lowest BCUT2D eigenvalue weighted by atomic mass is 9.92. The Morgan fingerprint density at radius 3 is 2.40 bits per heavy atom. The largest absolute Gasteiger partial charge is 0.444 e. The van der Waals surface area contributed by atoms with E-state index in [0.717, 1.165) is 41.4 Å². The molecule has 3 heterocycles. The lowest BCUT2D eigenvalue weighted by Crippen LogP contribution is -2.33. The van der Waals surface area contributed by atoms with E-state index in [0.29, 0.717) is 42.7 Å². The number of aromatic nitrogens is 1. The number of pyridine rings is 1. The van der Waals surface area contributed by atoms with Gasteiger partial charge in [0.25, 0.3) is 0 Å². The van der Waals surface area contributed by atoms with Gasteiger partial charge in [-0.3, -0.25) is 14.9 Å². The monoisotopic (exact) mass is 477 g/mol. The minimum absolute atomic E-state index is 0.138. The van der Waals surface area contributed by atoms with Crippen molar-refractivity contribution in [1.82, 2.24) is 10.3 Å². The van der Waals surface area contributed by atoms with Gasteiger partial charge in [-0.2, -0.15) is 5.26 Å². The number of carbonyl (C=O) groups is 2. The Balaban J connectivity index is 0.000000269. The zero-order valence-electron chi connectivity index (χ0n) is 17.3. The predicted molar refractivity (Wildman–Crippen MR) is 119 cm³/mol. The van der Waals surface area contributed by atoms with Gasteiger partial charge in [0.2, 0.25) is 17.6 Å². The molecule has 0 bridgehead atoms. The number of hydrogen-bond acceptors (Lipinski definition) is 7. The van der Waals surface area contributed by atoms with Crippen LogP contribution >= 0.6 is 15.9 Å². The van der Waals surface area contributed by atoms with Crippen LogP contribution in [0.2, 0.25) is 0 Å². The Bertz CT molecular complexity index is 899. The summed E-state index contributed by atoms with van der Waals surface area (Å²) in [7, 11) is 0. The number of carbonyl (C=O) groups excluding carboxylic acids is 2. The number of nitriles is 1. The number of furan rings is 1. The number of nitrogens with zero attached hydrogens (tertiary/aromatic N) is 2. The quantitative estimate of drug-likeness (QED) is 0.556. The van der Waals surface area contributed by atoms with Gasteiger partial charge in [0.1, 0.15) is 11.9 Å². The summed E-state index contributed by atoms with van der Waals surface area (Å²) in [5.41, 5.74) is 6.53. The van der Waals surface area contributed by atoms with Crippen molar-refractivity contribution < 1.29 is 14.0 Å². The van der Waals surface area contributed by atoms with Crippen LogP contribution in [-0.2, 0) is 9.59 Å². The molecule has 0 unspecified atom stereocenters. The van der Waals surface area contributed by atoms with Gasteiger partial charge in [0.15, 0.2) is 5.58 Å². The molecule has 8 nitrogen and oxygen atoms in total. The first-order valence-electron chi connectivity index (χ1n) is 10.3. The van der Waals surface area contributed by atoms with E-state index in [4.69, 9.17) is 15.4 Å². The van der Waals surface area contributed by atoms with Crippen LogP contribution in [0, 0.1) is 11.3 Å². The molecule has 2 aliphatic rings. The molecule has 1 aliphatic carbocycles. The maximum Gasteiger partial charge on any atom is 0.226 e. The molecule has 162 valence electrons. The molecule has 2 aromatic rings. The van der Waals surface area contributed by atoms with Crippen molar-refractivity contribution in [2.24, 2.45) is 5.73 Å². The molecule has 4 N–H and O–H groups in total. The van der Waals surface area contributed by atoms with Crippen LogP contribution < -0.4 is 16.4 Å². The first-order valence-corrected chi connectivity index (χ1v) is 11.1. The Labute approximate surface area is 184 Å². The molecule has 0 atom stereocenters. The van der Waals surface area contributed by atoms with Crippen LogP contribution in [0.1, 0.15) is 64.6 Å². The second kappa shape index (κ2) is 11.7. The van der Waals surface area contributed by atoms with E-state index < -0.39 is 0 Å². The summed E-state index contributed by atoms with van der Waals surface area (Å²) < 4.78 is 6.20. The van der Waals surface area contributed by atoms with Crippen molar-refractivity contribution in [2.75, 3.05) is 5.32 Å². The van der Waals surface area contributed by atoms with Crippen LogP contribution in [0.15, 0.2) is 21.2 Å². The van der Waals surface area contributed by atoms with Crippen LogP contribution in [0.4, 0.5) is 5.82 Å². The Kier molecular flexibility index (Phi) is 9.27. The van der Waals surface area contributed by atoms with E-state index in [1.807, 2.05) is 19.9 Å². The van der Waals surface area contributed by atoms with E-state index in [-0.39, 0.29) is 11.8 Å². The van der Waals surface area contributed by atoms with Crippen molar-refractivity contribution in [1.29, 1.82) is 5.26 Å². The Morgan fingerprint density at radius 2 is 1.87 bits per heavy atom. The highest BCUT2D eigenvalue weighted by Crippen LogP contribution is 2.33. The summed E-state index contributed by atoms with van der Waals surface area (Å²) in [4.78, 5) is 25.1. The molecule has 0 aromatic carbocycles. The molecule has 30 heavy (non-hydrogen) atoms. The third kappa shape index (κ3) is 6.54. The fraction of sp³-hybridized carbons (Fsp3) is 0.524. The van der Waals surface area contributed by atoms with Crippen molar-refractivity contribution in [3.05, 3.63) is 22.5 Å². The number of rotatable bonds is 2. The summed E-state index contributed by atoms with van der Waals surface area (Å²) >= 11 is 3.54. The normalized spacial score (nSPS) is 20.8. The smallest absolute Gasteiger partial charge is 0.226 e. The third-order valence-corrected chi connectivity index (χ3v) is 5.63. The second-order valence-electron chi connectivity index (χ2n) is 7.00. The maximum atomic E-state index is 10.3. The number of halogens is 1. The van der Waals surface area contributed by atoms with E-state index in [2.05, 4.69) is 31.5 Å². The number of hydrogen-bond donors (Lipinski definition) is 3. The average Bonchev–Trinajstić information content (AvgIpc) is 3.18. The first-order chi connectivity index (χ1) is 14.5. The topological polar surface area (TPSA) is 134 Å². The van der Waals surface area contributed by atoms with Crippen LogP contribution in [0.3, 0.4) is 0 Å². The Morgan fingerprint density at radius 1 is 1.23 bits per heavy atom. The summed E-state index contributed by atoms with van der Waals surface area (Å²) in [6.45, 7) is 4.00. The minimum atomic E-state index is -0.138. The molecule has 4 rings (SSSR count). The third-order valence-electron chi connectivity index (χ3n) is 4.83. The van der Waals surface area contributed by atoms with Crippen molar-refractivity contribution >= 4 is 44.5 Å². The van der Waals surface area contributed by atoms with E-state index in [1.165, 1.54) is 0 Å². The van der Waals surface area contributed by atoms with Gasteiger partial charge in [-0.05, 0) is 48.0 Å². The van der Waals surface area contributed by atoms with E-state index in [1.54, 1.807) is 12.3 Å². The number of amides is 2. The summed E-state index contributed by atoms with van der Waals surface area (Å²) in [5, 5.41) is 15.4. The molecule has 9 heteroatoms. The van der Waals surface area contributed by atoms with E-state index in [9.17, 15) is 9.59 Å². The summed E-state index contributed by atoms with van der Waals surface area (Å²) in [6.07, 6.45) is 7.58. The molecule has 0 radical (unpaired) electrons. The van der Waals surface area contributed by atoms with Gasteiger partial charge in [0, 0.05) is 36.4 Å². The summed E-state index contributed by atoms with van der Waals surface area (Å²) in [6, 6.07) is 4.46. The molecular weight excluding hydrogens is 450 g/mol. The average molecular weight is 478 g/mol. The zero-order valence-corrected chi connectivity index (χ0v) is 18.9. The number of imide groups is 1. The first kappa shape index (κ1) is 23.8. The van der Waals surface area contributed by atoms with Gasteiger partial charge >= 0.3 is 0 Å². The SMILES string of the molecule is CC.N#Cc1cc2c(Br)c(NC3CCC(N)CC3)ncc2o1.O=C1CCCC(=O)N1. The lowest BCUT2D eigenvalue weighted by Gasteiger charge is -2.27. The number of nitrogens with one attached hydrogen (secondary N) is 2. The standard InChI is InChI=1S/C14H15BrN4O.C5H7NO2.C2H6/c15-13-11-5-10(6-16)20-12(11)7-18-14(13)19-9-3-1-8(17)2-4-9;7-4-2-1-3-5(8)6-4;1-2/h5,7-9H,1-4,17H2,(H,18,19);1-3H2,(H,6,7,8);1-2H3. The van der Waals surface area contributed by atoms with E-state index >= 15 is 0 Å². The molecular formula is C21H28BrN5O3. The van der Waals surface area contributed by atoms with Crippen LogP contribution in [0.5, 0.6) is 0 Å². The lowest BCUT2D eigenvalue weighted by molar-refractivity contribution is -0.132. The molecule has 0 spiro atoms. The van der Waals surface area contributed by atoms with Gasteiger partial charge < -0.3 is 15.5 Å². The van der Waals surface area contributed by atoms with Gasteiger partial charge in [-0.1, -0.05) is 13.8 Å². The fourth-order valence-electron chi connectivity index (χ4n) is 3.28. The highest BCUT2D eigenvalue weighted by Gasteiger charge is 2.20. The van der Waals surface area contributed by atoms with Gasteiger partial charge in [-0.25, -0.2) is 4.98 Å². The minimum Gasteiger partial charge on any atom is -0.444 e. The molecule has 1 saturated carbocycles. The summed E-state index contributed by atoms with van der Waals surface area (Å²) in [5.74, 6) is 0.814. The maximum absolute atomic E-state index is 10.3. The Hall–Kier alpha value is -2.44. The fourth-order valence-corrected chi connectivity index (χ4v) is 3.81. The molecule has 1 saturated heterocycles. The predicted octanol–water partition coefficient (Wildman–Crippen LogP) is 3.98.